The lowest BCUT2D eigenvalue weighted by Crippen LogP contribution is -2.32. The fourth-order valence-electron chi connectivity index (χ4n) is 2.58. The largest absolute Gasteiger partial charge is 0.309 e. The van der Waals surface area contributed by atoms with Gasteiger partial charge in [-0.1, -0.05) is 30.3 Å². The van der Waals surface area contributed by atoms with Crippen molar-refractivity contribution in [1.29, 1.82) is 0 Å². The maximum Gasteiger partial charge on any atom is 0.0210 e. The van der Waals surface area contributed by atoms with E-state index in [9.17, 15) is 0 Å². The highest BCUT2D eigenvalue weighted by atomic mass is 15.2. The van der Waals surface area contributed by atoms with Gasteiger partial charge in [-0.05, 0) is 24.8 Å². The standard InChI is InChI=1S/C14H20N2/c1-2-4-12(5-3-1)10-15-13-8-9-16(11-13)14-6-7-14/h1-5,13-15H,6-11H2. The summed E-state index contributed by atoms with van der Waals surface area (Å²) in [6.45, 7) is 3.58. The van der Waals surface area contributed by atoms with E-state index in [1.54, 1.807) is 0 Å². The molecule has 1 saturated carbocycles. The highest BCUT2D eigenvalue weighted by Crippen LogP contribution is 2.29. The van der Waals surface area contributed by atoms with E-state index in [2.05, 4.69) is 40.5 Å². The average molecular weight is 216 g/mol. The van der Waals surface area contributed by atoms with E-state index in [4.69, 9.17) is 0 Å². The van der Waals surface area contributed by atoms with Crippen LogP contribution in [-0.4, -0.2) is 30.1 Å². The molecule has 2 aliphatic rings. The molecule has 2 fully saturated rings. The van der Waals surface area contributed by atoms with Crippen LogP contribution >= 0.6 is 0 Å². The Labute approximate surface area is 97.6 Å². The van der Waals surface area contributed by atoms with Crippen molar-refractivity contribution in [2.24, 2.45) is 0 Å². The number of hydrogen-bond donors (Lipinski definition) is 1. The lowest BCUT2D eigenvalue weighted by Gasteiger charge is -2.15. The first-order valence-electron chi connectivity index (χ1n) is 6.43. The SMILES string of the molecule is c1ccc(CNC2CCN(C3CC3)C2)cc1. The molecule has 1 aromatic rings. The fraction of sp³-hybridized carbons (Fsp3) is 0.571. The van der Waals surface area contributed by atoms with Crippen LogP contribution in [0.15, 0.2) is 30.3 Å². The Morgan fingerprint density at radius 2 is 1.94 bits per heavy atom. The monoisotopic (exact) mass is 216 g/mol. The van der Waals surface area contributed by atoms with Gasteiger partial charge in [0, 0.05) is 31.7 Å². The third-order valence-corrected chi connectivity index (χ3v) is 3.72. The first kappa shape index (κ1) is 10.3. The third kappa shape index (κ3) is 2.45. The lowest BCUT2D eigenvalue weighted by atomic mass is 10.2. The van der Waals surface area contributed by atoms with Crippen molar-refractivity contribution in [3.05, 3.63) is 35.9 Å². The Bertz CT molecular complexity index is 332. The summed E-state index contributed by atoms with van der Waals surface area (Å²) in [5.74, 6) is 0. The van der Waals surface area contributed by atoms with Crippen molar-refractivity contribution in [1.82, 2.24) is 10.2 Å². The zero-order valence-electron chi connectivity index (χ0n) is 9.73. The number of rotatable bonds is 4. The van der Waals surface area contributed by atoms with Crippen molar-refractivity contribution < 1.29 is 0 Å². The normalized spacial score (nSPS) is 26.1. The van der Waals surface area contributed by atoms with Gasteiger partial charge in [-0.25, -0.2) is 0 Å². The molecule has 0 bridgehead atoms. The maximum absolute atomic E-state index is 3.67. The minimum atomic E-state index is 0.709. The molecule has 2 nitrogen and oxygen atoms in total. The Morgan fingerprint density at radius 1 is 1.12 bits per heavy atom. The minimum absolute atomic E-state index is 0.709. The zero-order chi connectivity index (χ0) is 10.8. The molecular formula is C14H20N2. The van der Waals surface area contributed by atoms with Crippen molar-refractivity contribution in [3.8, 4) is 0 Å². The number of likely N-dealkylation sites (tertiary alicyclic amines) is 1. The van der Waals surface area contributed by atoms with Crippen LogP contribution in [0.2, 0.25) is 0 Å². The van der Waals surface area contributed by atoms with E-state index in [0.717, 1.165) is 12.6 Å². The number of nitrogens with zero attached hydrogens (tertiary/aromatic N) is 1. The highest BCUT2D eigenvalue weighted by Gasteiger charge is 2.33. The van der Waals surface area contributed by atoms with E-state index < -0.39 is 0 Å². The van der Waals surface area contributed by atoms with Gasteiger partial charge in [0.2, 0.25) is 0 Å². The third-order valence-electron chi connectivity index (χ3n) is 3.72. The van der Waals surface area contributed by atoms with Gasteiger partial charge in [0.1, 0.15) is 0 Å². The highest BCUT2D eigenvalue weighted by molar-refractivity contribution is 5.14. The van der Waals surface area contributed by atoms with E-state index in [1.807, 2.05) is 0 Å². The summed E-state index contributed by atoms with van der Waals surface area (Å²) in [4.78, 5) is 2.66. The molecule has 1 aromatic carbocycles. The molecule has 0 amide bonds. The molecule has 16 heavy (non-hydrogen) atoms. The van der Waals surface area contributed by atoms with E-state index in [1.165, 1.54) is 37.9 Å². The molecule has 3 rings (SSSR count). The Hall–Kier alpha value is -0.860. The predicted octanol–water partition coefficient (Wildman–Crippen LogP) is 2.01. The van der Waals surface area contributed by atoms with Crippen molar-refractivity contribution in [2.45, 2.75) is 37.9 Å². The first-order valence-corrected chi connectivity index (χ1v) is 6.43. The van der Waals surface area contributed by atoms with Gasteiger partial charge in [-0.3, -0.25) is 4.90 Å². The summed E-state index contributed by atoms with van der Waals surface area (Å²) in [6.07, 6.45) is 4.19. The first-order chi connectivity index (χ1) is 7.92. The molecule has 86 valence electrons. The van der Waals surface area contributed by atoms with Crippen LogP contribution in [-0.2, 0) is 6.54 Å². The van der Waals surface area contributed by atoms with Crippen molar-refractivity contribution in [3.63, 3.8) is 0 Å². The van der Waals surface area contributed by atoms with Crippen LogP contribution in [0, 0.1) is 0 Å². The molecule has 0 aromatic heterocycles. The second-order valence-corrected chi connectivity index (χ2v) is 5.08. The molecule has 1 unspecified atom stereocenters. The van der Waals surface area contributed by atoms with Gasteiger partial charge in [0.05, 0.1) is 0 Å². The molecule has 0 spiro atoms. The molecule has 1 N–H and O–H groups in total. The number of nitrogens with one attached hydrogen (secondary N) is 1. The van der Waals surface area contributed by atoms with Gasteiger partial charge in [-0.2, -0.15) is 0 Å². The van der Waals surface area contributed by atoms with Gasteiger partial charge < -0.3 is 5.32 Å². The minimum Gasteiger partial charge on any atom is -0.309 e. The number of benzene rings is 1. The van der Waals surface area contributed by atoms with Crippen LogP contribution in [0.5, 0.6) is 0 Å². The van der Waals surface area contributed by atoms with Crippen LogP contribution in [0.3, 0.4) is 0 Å². The van der Waals surface area contributed by atoms with Crippen molar-refractivity contribution >= 4 is 0 Å². The zero-order valence-corrected chi connectivity index (χ0v) is 9.73. The Kier molecular flexibility index (Phi) is 2.94. The Morgan fingerprint density at radius 3 is 2.69 bits per heavy atom. The fourth-order valence-corrected chi connectivity index (χ4v) is 2.58. The van der Waals surface area contributed by atoms with Gasteiger partial charge in [0.15, 0.2) is 0 Å². The molecule has 1 atom stereocenters. The lowest BCUT2D eigenvalue weighted by molar-refractivity contribution is 0.317. The predicted molar refractivity (Wildman–Crippen MR) is 66.3 cm³/mol. The topological polar surface area (TPSA) is 15.3 Å². The molecule has 2 heteroatoms. The van der Waals surface area contributed by atoms with Crippen LogP contribution in [0.1, 0.15) is 24.8 Å². The molecular weight excluding hydrogens is 196 g/mol. The average Bonchev–Trinajstić information content (AvgIpc) is 3.08. The summed E-state index contributed by atoms with van der Waals surface area (Å²) in [6, 6.07) is 12.3. The molecule has 1 saturated heterocycles. The summed E-state index contributed by atoms with van der Waals surface area (Å²) < 4.78 is 0. The van der Waals surface area contributed by atoms with Crippen LogP contribution in [0.4, 0.5) is 0 Å². The van der Waals surface area contributed by atoms with Gasteiger partial charge in [-0.15, -0.1) is 0 Å². The molecule has 1 aliphatic carbocycles. The second-order valence-electron chi connectivity index (χ2n) is 5.08. The second kappa shape index (κ2) is 4.56. The van der Waals surface area contributed by atoms with E-state index >= 15 is 0 Å². The Balaban J connectivity index is 1.46. The van der Waals surface area contributed by atoms with Gasteiger partial charge in [0.25, 0.3) is 0 Å². The van der Waals surface area contributed by atoms with Crippen LogP contribution < -0.4 is 5.32 Å². The summed E-state index contributed by atoms with van der Waals surface area (Å²) in [5.41, 5.74) is 1.40. The van der Waals surface area contributed by atoms with Gasteiger partial charge >= 0.3 is 0 Å². The van der Waals surface area contributed by atoms with E-state index in [0.29, 0.717) is 6.04 Å². The number of hydrogen-bond acceptors (Lipinski definition) is 2. The summed E-state index contributed by atoms with van der Waals surface area (Å²) in [7, 11) is 0. The quantitative estimate of drug-likeness (QED) is 0.828. The van der Waals surface area contributed by atoms with E-state index in [-0.39, 0.29) is 0 Å². The summed E-state index contributed by atoms with van der Waals surface area (Å²) >= 11 is 0. The van der Waals surface area contributed by atoms with Crippen molar-refractivity contribution in [2.75, 3.05) is 13.1 Å². The molecule has 1 heterocycles. The molecule has 0 radical (unpaired) electrons. The smallest absolute Gasteiger partial charge is 0.0210 e. The van der Waals surface area contributed by atoms with Crippen LogP contribution in [0.25, 0.3) is 0 Å². The molecule has 1 aliphatic heterocycles. The maximum atomic E-state index is 3.67. The summed E-state index contributed by atoms with van der Waals surface area (Å²) in [5, 5.41) is 3.67.